The predicted octanol–water partition coefficient (Wildman–Crippen LogP) is 2.77. The summed E-state index contributed by atoms with van der Waals surface area (Å²) in [7, 11) is 0. The second kappa shape index (κ2) is 11.0. The molecular weight excluding hydrogens is 400 g/mol. The van der Waals surface area contributed by atoms with Crippen LogP contribution in [0.15, 0.2) is 48.5 Å². The van der Waals surface area contributed by atoms with E-state index in [0.29, 0.717) is 17.1 Å². The van der Waals surface area contributed by atoms with Crippen molar-refractivity contribution in [2.24, 2.45) is 0 Å². The van der Waals surface area contributed by atoms with Crippen molar-refractivity contribution in [3.8, 4) is 11.5 Å². The first-order valence-corrected chi connectivity index (χ1v) is 9.90. The third-order valence-electron chi connectivity index (χ3n) is 4.13. The summed E-state index contributed by atoms with van der Waals surface area (Å²) in [4.78, 5) is 35.5. The molecule has 0 heterocycles. The van der Waals surface area contributed by atoms with Gasteiger partial charge in [0.1, 0.15) is 11.5 Å². The molecule has 0 aromatic heterocycles. The molecule has 0 saturated carbocycles. The van der Waals surface area contributed by atoms with E-state index in [1.807, 2.05) is 18.2 Å². The Morgan fingerprint density at radius 3 is 2.00 bits per heavy atom. The molecule has 2 N–H and O–H groups in total. The van der Waals surface area contributed by atoms with Crippen molar-refractivity contribution in [2.45, 2.75) is 33.1 Å². The van der Waals surface area contributed by atoms with Crippen LogP contribution in [0.2, 0.25) is 0 Å². The van der Waals surface area contributed by atoms with E-state index >= 15 is 0 Å². The first-order chi connectivity index (χ1) is 14.7. The van der Waals surface area contributed by atoms with Crippen LogP contribution in [0, 0.1) is 0 Å². The second-order valence-corrected chi connectivity index (χ2v) is 7.66. The fourth-order valence-electron chi connectivity index (χ4n) is 2.62. The molecule has 2 amide bonds. The Labute approximate surface area is 181 Å². The lowest BCUT2D eigenvalue weighted by atomic mass is 9.86. The number of amides is 2. The summed E-state index contributed by atoms with van der Waals surface area (Å²) in [6, 6.07) is 13.7. The fourth-order valence-corrected chi connectivity index (χ4v) is 2.62. The number of carbonyl (C=O) groups excluding carboxylic acids is 3. The van der Waals surface area contributed by atoms with Crippen LogP contribution in [0.1, 0.15) is 43.6 Å². The molecule has 2 aromatic rings. The summed E-state index contributed by atoms with van der Waals surface area (Å²) in [6.45, 7) is 7.62. The molecule has 2 aromatic carbocycles. The monoisotopic (exact) mass is 428 g/mol. The van der Waals surface area contributed by atoms with E-state index in [2.05, 4.69) is 31.6 Å². The molecule has 2 rings (SSSR count). The molecule has 0 aliphatic carbocycles. The Hall–Kier alpha value is -3.55. The van der Waals surface area contributed by atoms with Crippen molar-refractivity contribution >= 4 is 17.8 Å². The van der Waals surface area contributed by atoms with Gasteiger partial charge in [0, 0.05) is 0 Å². The summed E-state index contributed by atoms with van der Waals surface area (Å²) in [6.07, 6.45) is 0. The predicted molar refractivity (Wildman–Crippen MR) is 115 cm³/mol. The topological polar surface area (TPSA) is 103 Å². The van der Waals surface area contributed by atoms with Gasteiger partial charge in [-0.2, -0.15) is 0 Å². The largest absolute Gasteiger partial charge is 0.484 e. The number of benzene rings is 2. The van der Waals surface area contributed by atoms with Crippen LogP contribution in [-0.4, -0.2) is 37.6 Å². The third kappa shape index (κ3) is 7.65. The lowest BCUT2D eigenvalue weighted by Crippen LogP contribution is -2.45. The van der Waals surface area contributed by atoms with Crippen LogP contribution in [-0.2, 0) is 19.7 Å². The van der Waals surface area contributed by atoms with Crippen LogP contribution in [0.5, 0.6) is 11.5 Å². The molecule has 0 spiro atoms. The summed E-state index contributed by atoms with van der Waals surface area (Å²) >= 11 is 0. The van der Waals surface area contributed by atoms with Crippen LogP contribution in [0.25, 0.3) is 0 Å². The molecule has 8 heteroatoms. The molecular formula is C23H28N2O6. The van der Waals surface area contributed by atoms with Gasteiger partial charge in [0.2, 0.25) is 0 Å². The maximum Gasteiger partial charge on any atom is 0.338 e. The van der Waals surface area contributed by atoms with Gasteiger partial charge in [0.15, 0.2) is 13.2 Å². The molecule has 0 bridgehead atoms. The molecule has 0 fully saturated rings. The van der Waals surface area contributed by atoms with Crippen LogP contribution in [0.4, 0.5) is 0 Å². The van der Waals surface area contributed by atoms with Gasteiger partial charge in [-0.1, -0.05) is 39.0 Å². The smallest absolute Gasteiger partial charge is 0.338 e. The summed E-state index contributed by atoms with van der Waals surface area (Å²) in [5.41, 5.74) is 5.78. The van der Waals surface area contributed by atoms with Crippen molar-refractivity contribution in [1.82, 2.24) is 10.9 Å². The molecule has 8 nitrogen and oxygen atoms in total. The highest BCUT2D eigenvalue weighted by molar-refractivity contribution is 5.89. The molecule has 0 aliphatic heterocycles. The Balaban J connectivity index is 1.74. The Morgan fingerprint density at radius 2 is 1.42 bits per heavy atom. The number of hydrazine groups is 1. The lowest BCUT2D eigenvalue weighted by Gasteiger charge is -2.22. The SMILES string of the molecule is CCOC(=O)c1ccc(OCC(=O)NNC(=O)COc2ccccc2C(C)(C)C)cc1. The number of hydrogen-bond donors (Lipinski definition) is 2. The normalized spacial score (nSPS) is 10.7. The van der Waals surface area contributed by atoms with Crippen molar-refractivity contribution in [3.63, 3.8) is 0 Å². The maximum atomic E-state index is 12.0. The number of para-hydroxylation sites is 1. The summed E-state index contributed by atoms with van der Waals surface area (Å²) in [5.74, 6) is -0.460. The van der Waals surface area contributed by atoms with Gasteiger partial charge in [-0.05, 0) is 48.2 Å². The molecule has 0 saturated heterocycles. The van der Waals surface area contributed by atoms with E-state index in [4.69, 9.17) is 14.2 Å². The zero-order valence-corrected chi connectivity index (χ0v) is 18.2. The Kier molecular flexibility index (Phi) is 8.43. The summed E-state index contributed by atoms with van der Waals surface area (Å²) < 4.78 is 15.8. The van der Waals surface area contributed by atoms with Gasteiger partial charge in [0.25, 0.3) is 11.8 Å². The average molecular weight is 428 g/mol. The Bertz CT molecular complexity index is 903. The van der Waals surface area contributed by atoms with Gasteiger partial charge in [-0.3, -0.25) is 20.4 Å². The number of carbonyl (C=O) groups is 3. The van der Waals surface area contributed by atoms with Crippen molar-refractivity contribution in [1.29, 1.82) is 0 Å². The van der Waals surface area contributed by atoms with Crippen LogP contribution < -0.4 is 20.3 Å². The fraction of sp³-hybridized carbons (Fsp3) is 0.348. The minimum absolute atomic E-state index is 0.132. The minimum Gasteiger partial charge on any atom is -0.484 e. The second-order valence-electron chi connectivity index (χ2n) is 7.66. The molecule has 0 unspecified atom stereocenters. The van der Waals surface area contributed by atoms with E-state index < -0.39 is 17.8 Å². The third-order valence-corrected chi connectivity index (χ3v) is 4.13. The highest BCUT2D eigenvalue weighted by Gasteiger charge is 2.19. The van der Waals surface area contributed by atoms with E-state index in [9.17, 15) is 14.4 Å². The molecule has 31 heavy (non-hydrogen) atoms. The minimum atomic E-state index is -0.544. The van der Waals surface area contributed by atoms with Crippen molar-refractivity contribution in [2.75, 3.05) is 19.8 Å². The molecule has 166 valence electrons. The molecule has 0 atom stereocenters. The number of esters is 1. The zero-order chi connectivity index (χ0) is 22.9. The number of hydrogen-bond acceptors (Lipinski definition) is 6. The van der Waals surface area contributed by atoms with E-state index in [-0.39, 0.29) is 25.2 Å². The van der Waals surface area contributed by atoms with Gasteiger partial charge >= 0.3 is 5.97 Å². The zero-order valence-electron chi connectivity index (χ0n) is 18.2. The number of ether oxygens (including phenoxy) is 3. The van der Waals surface area contributed by atoms with Gasteiger partial charge in [-0.15, -0.1) is 0 Å². The standard InChI is InChI=1S/C23H28N2O6/c1-5-29-22(28)16-10-12-17(13-11-16)30-14-20(26)24-25-21(27)15-31-19-9-7-6-8-18(19)23(2,3)4/h6-13H,5,14-15H2,1-4H3,(H,24,26)(H,25,27). The van der Waals surface area contributed by atoms with Gasteiger partial charge in [-0.25, -0.2) is 4.79 Å². The van der Waals surface area contributed by atoms with E-state index in [1.54, 1.807) is 37.3 Å². The highest BCUT2D eigenvalue weighted by Crippen LogP contribution is 2.30. The first-order valence-electron chi connectivity index (χ1n) is 9.90. The Morgan fingerprint density at radius 1 is 0.839 bits per heavy atom. The maximum absolute atomic E-state index is 12.0. The number of nitrogens with one attached hydrogen (secondary N) is 2. The van der Waals surface area contributed by atoms with Crippen molar-refractivity contribution < 1.29 is 28.6 Å². The summed E-state index contributed by atoms with van der Waals surface area (Å²) in [5, 5.41) is 0. The lowest BCUT2D eigenvalue weighted by molar-refractivity contribution is -0.131. The van der Waals surface area contributed by atoms with Gasteiger partial charge in [0.05, 0.1) is 12.2 Å². The van der Waals surface area contributed by atoms with Gasteiger partial charge < -0.3 is 14.2 Å². The van der Waals surface area contributed by atoms with Crippen molar-refractivity contribution in [3.05, 3.63) is 59.7 Å². The highest BCUT2D eigenvalue weighted by atomic mass is 16.5. The molecule has 0 aliphatic rings. The van der Waals surface area contributed by atoms with E-state index in [0.717, 1.165) is 5.56 Å². The number of rotatable bonds is 8. The van der Waals surface area contributed by atoms with E-state index in [1.165, 1.54) is 0 Å². The average Bonchev–Trinajstić information content (AvgIpc) is 2.75. The van der Waals surface area contributed by atoms with Crippen LogP contribution in [0.3, 0.4) is 0 Å². The quantitative estimate of drug-likeness (QED) is 0.495. The first kappa shape index (κ1) is 23.7. The van der Waals surface area contributed by atoms with Crippen LogP contribution >= 0.6 is 0 Å². The molecule has 0 radical (unpaired) electrons.